The Kier molecular flexibility index (Phi) is 6.36. The van der Waals surface area contributed by atoms with E-state index in [0.29, 0.717) is 50.0 Å². The van der Waals surface area contributed by atoms with Crippen LogP contribution in [0.5, 0.6) is 0 Å². The Morgan fingerprint density at radius 3 is 2.33 bits per heavy atom. The van der Waals surface area contributed by atoms with Crippen LogP contribution < -0.4 is 9.80 Å². The van der Waals surface area contributed by atoms with Crippen molar-refractivity contribution >= 4 is 44.7 Å². The predicted molar refractivity (Wildman–Crippen MR) is 117 cm³/mol. The number of sulfonamides is 1. The predicted octanol–water partition coefficient (Wildman–Crippen LogP) is 2.44. The van der Waals surface area contributed by atoms with Crippen molar-refractivity contribution in [1.82, 2.24) is 14.5 Å². The first-order chi connectivity index (χ1) is 14.4. The van der Waals surface area contributed by atoms with Gasteiger partial charge in [0.1, 0.15) is 4.90 Å². The summed E-state index contributed by atoms with van der Waals surface area (Å²) in [6, 6.07) is 5.01. The van der Waals surface area contributed by atoms with Gasteiger partial charge in [-0.2, -0.15) is 9.40 Å². The van der Waals surface area contributed by atoms with Crippen LogP contribution in [0, 0.1) is 6.92 Å². The van der Waals surface area contributed by atoms with E-state index in [1.165, 1.54) is 16.4 Å². The molecule has 3 heterocycles. The van der Waals surface area contributed by atoms with E-state index < -0.39 is 10.0 Å². The zero-order chi connectivity index (χ0) is 21.3. The van der Waals surface area contributed by atoms with Gasteiger partial charge in [0.05, 0.1) is 30.1 Å². The molecule has 0 radical (unpaired) electrons. The van der Waals surface area contributed by atoms with Gasteiger partial charge in [-0.15, -0.1) is 5.10 Å². The van der Waals surface area contributed by atoms with E-state index in [4.69, 9.17) is 27.9 Å². The quantitative estimate of drug-likeness (QED) is 0.677. The van der Waals surface area contributed by atoms with Crippen molar-refractivity contribution in [2.24, 2.45) is 0 Å². The van der Waals surface area contributed by atoms with Gasteiger partial charge >= 0.3 is 0 Å². The maximum Gasteiger partial charge on any atom is 0.244 e. The minimum absolute atomic E-state index is 0.0913. The molecule has 0 bridgehead atoms. The molecule has 8 nitrogen and oxygen atoms in total. The normalized spacial score (nSPS) is 18.6. The average Bonchev–Trinajstić information content (AvgIpc) is 2.77. The Morgan fingerprint density at radius 1 is 0.933 bits per heavy atom. The van der Waals surface area contributed by atoms with Crippen LogP contribution in [-0.2, 0) is 14.8 Å². The molecule has 11 heteroatoms. The number of hydrogen-bond donors (Lipinski definition) is 0. The average molecular weight is 472 g/mol. The third-order valence-electron chi connectivity index (χ3n) is 5.40. The van der Waals surface area contributed by atoms with E-state index in [1.54, 1.807) is 13.1 Å². The Hall–Kier alpha value is -1.65. The van der Waals surface area contributed by atoms with E-state index >= 15 is 0 Å². The molecular weight excluding hydrogens is 449 g/mol. The van der Waals surface area contributed by atoms with Gasteiger partial charge in [-0.05, 0) is 24.6 Å². The van der Waals surface area contributed by atoms with Crippen LogP contribution in [0.3, 0.4) is 0 Å². The van der Waals surface area contributed by atoms with Crippen LogP contribution in [0.2, 0.25) is 10.0 Å². The summed E-state index contributed by atoms with van der Waals surface area (Å²) >= 11 is 12.2. The van der Waals surface area contributed by atoms with Crippen LogP contribution in [0.25, 0.3) is 0 Å². The number of aryl methyl sites for hydroxylation is 1. The van der Waals surface area contributed by atoms with Crippen LogP contribution in [0.1, 0.15) is 5.56 Å². The van der Waals surface area contributed by atoms with Gasteiger partial charge in [-0.3, -0.25) is 0 Å². The van der Waals surface area contributed by atoms with E-state index in [0.717, 1.165) is 24.6 Å². The van der Waals surface area contributed by atoms with Crippen molar-refractivity contribution in [1.29, 1.82) is 0 Å². The van der Waals surface area contributed by atoms with Gasteiger partial charge in [0.2, 0.25) is 10.0 Å². The molecule has 2 fully saturated rings. The first-order valence-electron chi connectivity index (χ1n) is 9.72. The minimum atomic E-state index is -3.70. The zero-order valence-corrected chi connectivity index (χ0v) is 18.9. The molecule has 1 aromatic carbocycles. The summed E-state index contributed by atoms with van der Waals surface area (Å²) in [5.74, 6) is 0.747. The zero-order valence-electron chi connectivity index (χ0n) is 16.6. The van der Waals surface area contributed by atoms with Crippen molar-refractivity contribution in [2.45, 2.75) is 11.8 Å². The van der Waals surface area contributed by atoms with Crippen LogP contribution >= 0.6 is 23.2 Å². The molecule has 2 aliphatic heterocycles. The molecule has 30 heavy (non-hydrogen) atoms. The summed E-state index contributed by atoms with van der Waals surface area (Å²) in [4.78, 5) is 4.36. The summed E-state index contributed by atoms with van der Waals surface area (Å²) in [5.41, 5.74) is 1.68. The fourth-order valence-electron chi connectivity index (χ4n) is 3.62. The second-order valence-electron chi connectivity index (χ2n) is 7.29. The monoisotopic (exact) mass is 471 g/mol. The maximum atomic E-state index is 13.1. The van der Waals surface area contributed by atoms with Crippen LogP contribution in [0.4, 0.5) is 11.5 Å². The van der Waals surface area contributed by atoms with E-state index in [2.05, 4.69) is 20.0 Å². The van der Waals surface area contributed by atoms with Crippen molar-refractivity contribution in [3.8, 4) is 0 Å². The van der Waals surface area contributed by atoms with Gasteiger partial charge in [0, 0.05) is 50.4 Å². The summed E-state index contributed by atoms with van der Waals surface area (Å²) in [6.45, 7) is 6.50. The second-order valence-corrected chi connectivity index (χ2v) is 10.0. The number of aromatic nitrogens is 2. The molecule has 1 aromatic heterocycles. The topological polar surface area (TPSA) is 78.9 Å². The number of benzene rings is 1. The third-order valence-corrected chi connectivity index (χ3v) is 8.17. The highest BCUT2D eigenvalue weighted by Gasteiger charge is 2.31. The van der Waals surface area contributed by atoms with Crippen molar-refractivity contribution in [2.75, 3.05) is 62.3 Å². The highest BCUT2D eigenvalue weighted by molar-refractivity contribution is 7.89. The Balaban J connectivity index is 1.47. The number of nitrogens with zero attached hydrogens (tertiary/aromatic N) is 5. The van der Waals surface area contributed by atoms with Crippen LogP contribution in [-0.4, -0.2) is 75.4 Å². The molecule has 2 aliphatic rings. The molecule has 0 N–H and O–H groups in total. The molecule has 0 amide bonds. The van der Waals surface area contributed by atoms with Crippen molar-refractivity contribution in [3.63, 3.8) is 0 Å². The van der Waals surface area contributed by atoms with E-state index in [1.807, 2.05) is 6.07 Å². The minimum Gasteiger partial charge on any atom is -0.378 e. The number of morpholine rings is 1. The third kappa shape index (κ3) is 4.36. The lowest BCUT2D eigenvalue weighted by Crippen LogP contribution is -2.49. The first kappa shape index (κ1) is 21.6. The molecule has 2 saturated heterocycles. The SMILES string of the molecule is Cc1cc(S(=O)(=O)N2CCN(c3cc(N4CCOCC4)cnn3)CC2)c(Cl)cc1Cl. The molecule has 0 unspecified atom stereocenters. The molecule has 4 rings (SSSR count). The van der Waals surface area contributed by atoms with Crippen LogP contribution in [0.15, 0.2) is 29.3 Å². The smallest absolute Gasteiger partial charge is 0.244 e. The lowest BCUT2D eigenvalue weighted by Gasteiger charge is -2.35. The number of anilines is 2. The van der Waals surface area contributed by atoms with Gasteiger partial charge in [-0.1, -0.05) is 23.2 Å². The summed E-state index contributed by atoms with van der Waals surface area (Å²) in [6.07, 6.45) is 1.75. The molecule has 0 atom stereocenters. The van der Waals surface area contributed by atoms with Crippen molar-refractivity contribution < 1.29 is 13.2 Å². The lowest BCUT2D eigenvalue weighted by molar-refractivity contribution is 0.122. The molecule has 0 spiro atoms. The van der Waals surface area contributed by atoms with Gasteiger partial charge in [-0.25, -0.2) is 8.42 Å². The highest BCUT2D eigenvalue weighted by Crippen LogP contribution is 2.31. The van der Waals surface area contributed by atoms with Gasteiger partial charge in [0.25, 0.3) is 0 Å². The number of hydrogen-bond acceptors (Lipinski definition) is 7. The largest absolute Gasteiger partial charge is 0.378 e. The first-order valence-corrected chi connectivity index (χ1v) is 11.9. The summed E-state index contributed by atoms with van der Waals surface area (Å²) in [7, 11) is -3.70. The number of rotatable bonds is 4. The van der Waals surface area contributed by atoms with E-state index in [-0.39, 0.29) is 9.92 Å². The standard InChI is InChI=1S/C19H23Cl2N5O3S/c1-14-10-18(17(21)12-16(14)20)30(27,28)26-4-2-25(3-5-26)19-11-15(13-22-23-19)24-6-8-29-9-7-24/h10-13H,2-9H2,1H3. The van der Waals surface area contributed by atoms with Gasteiger partial charge < -0.3 is 14.5 Å². The Labute approximate surface area is 186 Å². The maximum absolute atomic E-state index is 13.1. The molecule has 0 aliphatic carbocycles. The second kappa shape index (κ2) is 8.84. The van der Waals surface area contributed by atoms with Gasteiger partial charge in [0.15, 0.2) is 5.82 Å². The Bertz CT molecular complexity index is 1020. The van der Waals surface area contributed by atoms with Crippen molar-refractivity contribution in [3.05, 3.63) is 40.0 Å². The van der Waals surface area contributed by atoms with E-state index in [9.17, 15) is 8.42 Å². The number of piperazine rings is 1. The molecule has 2 aromatic rings. The summed E-state index contributed by atoms with van der Waals surface area (Å²) < 4.78 is 33.1. The Morgan fingerprint density at radius 2 is 1.63 bits per heavy atom. The number of ether oxygens (including phenoxy) is 1. The molecule has 162 valence electrons. The molecular formula is C19H23Cl2N5O3S. The number of halogens is 2. The fourth-order valence-corrected chi connectivity index (χ4v) is 5.85. The fraction of sp³-hybridized carbons (Fsp3) is 0.474. The highest BCUT2D eigenvalue weighted by atomic mass is 35.5. The lowest BCUT2D eigenvalue weighted by atomic mass is 10.2. The summed E-state index contributed by atoms with van der Waals surface area (Å²) in [5, 5.41) is 8.98. The molecule has 0 saturated carbocycles.